The first-order valence-electron chi connectivity index (χ1n) is 30.6. The van der Waals surface area contributed by atoms with Crippen molar-refractivity contribution in [3.63, 3.8) is 0 Å². The smallest absolute Gasteiger partial charge is 0.300 e. The predicted molar refractivity (Wildman–Crippen MR) is 341 cm³/mol. The number of aliphatic carboxylic acids is 1. The molecular formula is C66H71FeN17O11. The van der Waals surface area contributed by atoms with Crippen LogP contribution in [0.5, 0.6) is 0 Å². The number of benzene rings is 3. The van der Waals surface area contributed by atoms with Crippen LogP contribution in [-0.4, -0.2) is 105 Å². The number of carboxylic acids is 1. The number of hydrogen-bond donors (Lipinski definition) is 6. The first-order valence-corrected chi connectivity index (χ1v) is 30.6. The number of nitro groups is 1. The van der Waals surface area contributed by atoms with Crippen molar-refractivity contribution in [3.05, 3.63) is 226 Å². The Morgan fingerprint density at radius 2 is 0.832 bits per heavy atom. The predicted octanol–water partition coefficient (Wildman–Crippen LogP) is 9.76. The first kappa shape index (κ1) is 71.4. The SMILES string of the molecule is CC(=O)O.O=C(CCCCCc1nc(C(=O)NCc2ccccn2)no1)Cc1ccccc1[N+](=O)[O-].O=C(NCc1ccccn1)c1noc(CCCCCc2nc3ccccc3[nH]2)n1.O=C(NCc1ccccn1)c1noc(CCCCCc2nc3ccccc3[nH]2)n1.[Fe]. The number of H-pyrrole nitrogens is 2. The number of unbranched alkanes of at least 4 members (excludes halogenated alkanes) is 6. The minimum Gasteiger partial charge on any atom is -0.481 e. The molecule has 0 saturated carbocycles. The Labute approximate surface area is 555 Å². The molecule has 11 aromatic rings. The van der Waals surface area contributed by atoms with Gasteiger partial charge in [-0.05, 0) is 99.2 Å². The molecule has 0 saturated heterocycles. The number of carbonyl (C=O) groups excluding carboxylic acids is 4. The quantitative estimate of drug-likeness (QED) is 0.0105. The summed E-state index contributed by atoms with van der Waals surface area (Å²) in [5, 5.41) is 37.8. The minimum atomic E-state index is -0.833. The van der Waals surface area contributed by atoms with Gasteiger partial charge in [-0.15, -0.1) is 0 Å². The molecule has 3 aromatic carbocycles. The van der Waals surface area contributed by atoms with Gasteiger partial charge >= 0.3 is 0 Å². The maximum atomic E-state index is 12.2. The molecule has 0 unspecified atom stereocenters. The van der Waals surface area contributed by atoms with Crippen LogP contribution in [0, 0.1) is 10.1 Å². The van der Waals surface area contributed by atoms with Crippen molar-refractivity contribution >= 4 is 57.2 Å². The fourth-order valence-electron chi connectivity index (χ4n) is 9.26. The summed E-state index contributed by atoms with van der Waals surface area (Å²) in [5.41, 5.74) is 6.82. The Hall–Kier alpha value is -11.1. The van der Waals surface area contributed by atoms with Crippen LogP contribution in [0.3, 0.4) is 0 Å². The van der Waals surface area contributed by atoms with E-state index in [2.05, 4.69) is 81.3 Å². The molecule has 28 nitrogen and oxygen atoms in total. The number of ketones is 1. The van der Waals surface area contributed by atoms with Gasteiger partial charge in [-0.25, -0.2) is 9.97 Å². The number of para-hydroxylation sites is 5. The summed E-state index contributed by atoms with van der Waals surface area (Å²) in [6.07, 6.45) is 17.0. The van der Waals surface area contributed by atoms with Crippen LogP contribution in [0.15, 0.2) is 160 Å². The number of hydrogen-bond acceptors (Lipinski definition) is 21. The Kier molecular flexibility index (Phi) is 29.1. The summed E-state index contributed by atoms with van der Waals surface area (Å²) in [5.74, 6) is 1.38. The molecule has 95 heavy (non-hydrogen) atoms. The third kappa shape index (κ3) is 24.8. The van der Waals surface area contributed by atoms with E-state index in [4.69, 9.17) is 23.5 Å². The van der Waals surface area contributed by atoms with Crippen LogP contribution in [0.2, 0.25) is 0 Å². The molecule has 11 rings (SSSR count). The Bertz CT molecular complexity index is 3920. The summed E-state index contributed by atoms with van der Waals surface area (Å²) in [6.45, 7) is 2.00. The molecule has 0 aliphatic heterocycles. The fourth-order valence-corrected chi connectivity index (χ4v) is 9.26. The largest absolute Gasteiger partial charge is 0.481 e. The average molecular weight is 1330 g/mol. The van der Waals surface area contributed by atoms with Crippen molar-refractivity contribution in [2.24, 2.45) is 0 Å². The van der Waals surface area contributed by atoms with E-state index in [1.165, 1.54) is 6.07 Å². The van der Waals surface area contributed by atoms with Gasteiger partial charge in [-0.1, -0.05) is 95.4 Å². The van der Waals surface area contributed by atoms with Crippen LogP contribution in [0.1, 0.15) is 155 Å². The summed E-state index contributed by atoms with van der Waals surface area (Å²) >= 11 is 0. The van der Waals surface area contributed by atoms with Crippen LogP contribution in [0.25, 0.3) is 22.1 Å². The van der Waals surface area contributed by atoms with Crippen molar-refractivity contribution in [1.82, 2.24) is 81.3 Å². The number of amides is 3. The zero-order valence-electron chi connectivity index (χ0n) is 52.0. The first-order chi connectivity index (χ1) is 45.8. The van der Waals surface area contributed by atoms with Crippen LogP contribution in [0.4, 0.5) is 5.69 Å². The van der Waals surface area contributed by atoms with Crippen molar-refractivity contribution < 1.29 is 64.6 Å². The number of carboxylic acid groups (broad SMARTS) is 1. The molecule has 0 radical (unpaired) electrons. The number of aromatic nitrogens is 13. The van der Waals surface area contributed by atoms with E-state index in [9.17, 15) is 29.3 Å². The summed E-state index contributed by atoms with van der Waals surface area (Å²) in [6, 6.07) is 38.9. The maximum Gasteiger partial charge on any atom is 0.300 e. The van der Waals surface area contributed by atoms with Gasteiger partial charge in [0.1, 0.15) is 17.4 Å². The number of pyridine rings is 3. The fraction of sp³-hybridized carbons (Fsp3) is 0.303. The molecule has 0 bridgehead atoms. The Morgan fingerprint density at radius 1 is 0.474 bits per heavy atom. The van der Waals surface area contributed by atoms with Gasteiger partial charge in [-0.2, -0.15) is 15.0 Å². The molecule has 0 fully saturated rings. The third-order valence-electron chi connectivity index (χ3n) is 13.9. The number of nitrogens with zero attached hydrogens (tertiary/aromatic N) is 12. The number of fused-ring (bicyclic) bond motifs is 2. The maximum absolute atomic E-state index is 12.2. The standard InChI is InChI=1S/C22H23N5O5.2C21H22N6O2.C2H4O2.Fe/c28-18(14-16-8-4-5-11-19(16)27(30)31)10-2-1-3-12-20-25-21(26-32-20)22(29)24-15-17-9-6-7-13-23-17;2*28-21(23-14-15-8-6-7-13-22-15)20-26-19(29-27-20)12-3-1-2-11-18-24-16-9-4-5-10-17(16)25-18;1-2(3)4;/h4-9,11,13H,1-3,10,12,14-15H2,(H,24,29);2*4-10,13H,1-3,11-12,14H2,(H,23,28)(H,24,25);1H3,(H,3,4);. The van der Waals surface area contributed by atoms with Crippen molar-refractivity contribution in [1.29, 1.82) is 0 Å². The van der Waals surface area contributed by atoms with Crippen molar-refractivity contribution in [2.75, 3.05) is 0 Å². The molecular weight excluding hydrogens is 1260 g/mol. The molecule has 8 aromatic heterocycles. The number of nitrogens with one attached hydrogen (secondary N) is 5. The number of nitro benzene ring substituents is 1. The zero-order valence-corrected chi connectivity index (χ0v) is 53.1. The van der Waals surface area contributed by atoms with E-state index < -0.39 is 16.8 Å². The van der Waals surface area contributed by atoms with Gasteiger partial charge < -0.3 is 44.6 Å². The van der Waals surface area contributed by atoms with E-state index in [0.29, 0.717) is 68.4 Å². The topological polar surface area (TPSA) is 398 Å². The summed E-state index contributed by atoms with van der Waals surface area (Å²) < 4.78 is 15.5. The van der Waals surface area contributed by atoms with Crippen molar-refractivity contribution in [2.45, 2.75) is 129 Å². The summed E-state index contributed by atoms with van der Waals surface area (Å²) in [4.78, 5) is 109. The van der Waals surface area contributed by atoms with Gasteiger partial charge in [0.2, 0.25) is 17.7 Å². The molecule has 6 N–H and O–H groups in total. The normalized spacial score (nSPS) is 10.6. The van der Waals surface area contributed by atoms with E-state index in [1.807, 2.05) is 91.0 Å². The number of rotatable bonds is 30. The van der Waals surface area contributed by atoms with E-state index in [0.717, 1.165) is 122 Å². The van der Waals surface area contributed by atoms with E-state index >= 15 is 0 Å². The molecule has 0 aliphatic rings. The Balaban J connectivity index is 0.000000195. The minimum absolute atomic E-state index is 0. The number of aryl methyl sites for hydroxylation is 5. The summed E-state index contributed by atoms with van der Waals surface area (Å²) in [7, 11) is 0. The van der Waals surface area contributed by atoms with Crippen LogP contribution >= 0.6 is 0 Å². The number of carbonyl (C=O) groups is 5. The second-order valence-electron chi connectivity index (χ2n) is 21.2. The Morgan fingerprint density at radius 3 is 1.21 bits per heavy atom. The second kappa shape index (κ2) is 38.7. The van der Waals surface area contributed by atoms with Gasteiger partial charge in [0.05, 0.1) is 63.7 Å². The van der Waals surface area contributed by atoms with Crippen LogP contribution in [-0.2, 0) is 84.8 Å². The molecule has 0 atom stereocenters. The van der Waals surface area contributed by atoms with E-state index in [1.54, 1.807) is 48.9 Å². The number of aromatic amines is 2. The molecule has 0 aliphatic carbocycles. The van der Waals surface area contributed by atoms with Gasteiger partial charge in [0.25, 0.3) is 46.9 Å². The molecule has 29 heteroatoms. The van der Waals surface area contributed by atoms with E-state index in [-0.39, 0.29) is 70.8 Å². The monoisotopic (exact) mass is 1330 g/mol. The average Bonchev–Trinajstić information content (AvgIpc) is 2.63. The molecule has 8 heterocycles. The third-order valence-corrected chi connectivity index (χ3v) is 13.9. The second-order valence-corrected chi connectivity index (χ2v) is 21.2. The van der Waals surface area contributed by atoms with Crippen molar-refractivity contribution in [3.8, 4) is 0 Å². The zero-order chi connectivity index (χ0) is 66.1. The number of imidazole rings is 2. The van der Waals surface area contributed by atoms with Gasteiger partial charge in [-0.3, -0.25) is 49.0 Å². The van der Waals surface area contributed by atoms with Gasteiger partial charge in [0, 0.05) is 99.2 Å². The number of Topliss-reactive ketones (excluding diaryl/α,β-unsaturated/α-hetero) is 1. The van der Waals surface area contributed by atoms with Crippen LogP contribution < -0.4 is 16.0 Å². The van der Waals surface area contributed by atoms with Gasteiger partial charge in [0.15, 0.2) is 0 Å². The molecule has 3 amide bonds. The molecule has 0 spiro atoms. The molecule has 494 valence electrons.